The molecule has 2 unspecified atom stereocenters. The van der Waals surface area contributed by atoms with Crippen LogP contribution in [0.25, 0.3) is 0 Å². The van der Waals surface area contributed by atoms with Crippen molar-refractivity contribution in [3.05, 3.63) is 23.8 Å². The van der Waals surface area contributed by atoms with Gasteiger partial charge in [0.05, 0.1) is 20.3 Å². The molecule has 0 aliphatic carbocycles. The molecule has 1 amide bonds. The molecule has 5 heteroatoms. The minimum Gasteiger partial charge on any atom is -0.493 e. The first-order valence-electron chi connectivity index (χ1n) is 6.81. The Bertz CT molecular complexity index is 490. The summed E-state index contributed by atoms with van der Waals surface area (Å²) in [5.74, 6) is 1.47. The molecule has 0 saturated carbocycles. The van der Waals surface area contributed by atoms with Crippen molar-refractivity contribution < 1.29 is 14.3 Å². The third-order valence-electron chi connectivity index (χ3n) is 3.89. The molecule has 5 nitrogen and oxygen atoms in total. The van der Waals surface area contributed by atoms with Crippen LogP contribution in [0.3, 0.4) is 0 Å². The molecule has 0 radical (unpaired) electrons. The van der Waals surface area contributed by atoms with Crippen LogP contribution in [0.5, 0.6) is 11.5 Å². The van der Waals surface area contributed by atoms with Gasteiger partial charge in [-0.3, -0.25) is 4.79 Å². The van der Waals surface area contributed by atoms with Crippen LogP contribution >= 0.6 is 0 Å². The lowest BCUT2D eigenvalue weighted by molar-refractivity contribution is -0.131. The number of methoxy groups -OCH3 is 2. The van der Waals surface area contributed by atoms with Crippen molar-refractivity contribution in [2.45, 2.75) is 31.3 Å². The van der Waals surface area contributed by atoms with Crippen LogP contribution in [0.1, 0.15) is 30.9 Å². The Morgan fingerprint density at radius 3 is 2.60 bits per heavy atom. The fourth-order valence-electron chi connectivity index (χ4n) is 2.77. The van der Waals surface area contributed by atoms with E-state index in [4.69, 9.17) is 15.2 Å². The molecule has 1 aromatic rings. The number of likely N-dealkylation sites (N-methyl/N-ethyl adjacent to an activating group) is 1. The van der Waals surface area contributed by atoms with Crippen LogP contribution < -0.4 is 15.2 Å². The normalized spacial score (nSPS) is 23.4. The summed E-state index contributed by atoms with van der Waals surface area (Å²) >= 11 is 0. The zero-order valence-electron chi connectivity index (χ0n) is 12.3. The molecule has 1 aliphatic rings. The summed E-state index contributed by atoms with van der Waals surface area (Å²) in [6.45, 7) is 0. The highest BCUT2D eigenvalue weighted by molar-refractivity contribution is 5.77. The van der Waals surface area contributed by atoms with E-state index in [0.717, 1.165) is 18.4 Å². The minimum atomic E-state index is -0.121. The number of likely N-dealkylation sites (tertiary alicyclic amines) is 1. The number of amides is 1. The SMILES string of the molecule is COc1ccc(C2C(N)CCCC(=O)N2C)cc1OC. The van der Waals surface area contributed by atoms with Crippen molar-refractivity contribution >= 4 is 5.91 Å². The summed E-state index contributed by atoms with van der Waals surface area (Å²) in [5, 5.41) is 0. The number of hydrogen-bond acceptors (Lipinski definition) is 4. The topological polar surface area (TPSA) is 64.8 Å². The van der Waals surface area contributed by atoms with Gasteiger partial charge in [0.15, 0.2) is 11.5 Å². The molecule has 2 rings (SSSR count). The quantitative estimate of drug-likeness (QED) is 0.914. The van der Waals surface area contributed by atoms with Gasteiger partial charge in [0.25, 0.3) is 0 Å². The van der Waals surface area contributed by atoms with Crippen LogP contribution in [0, 0.1) is 0 Å². The Labute approximate surface area is 119 Å². The molecule has 110 valence electrons. The highest BCUT2D eigenvalue weighted by Gasteiger charge is 2.30. The van der Waals surface area contributed by atoms with Crippen LogP contribution in [-0.4, -0.2) is 38.1 Å². The molecule has 20 heavy (non-hydrogen) atoms. The summed E-state index contributed by atoms with van der Waals surface area (Å²) in [6, 6.07) is 5.51. The zero-order valence-corrected chi connectivity index (χ0v) is 12.3. The van der Waals surface area contributed by atoms with Crippen molar-refractivity contribution in [3.8, 4) is 11.5 Å². The lowest BCUT2D eigenvalue weighted by Gasteiger charge is -2.31. The first-order chi connectivity index (χ1) is 9.58. The van der Waals surface area contributed by atoms with E-state index in [-0.39, 0.29) is 18.0 Å². The summed E-state index contributed by atoms with van der Waals surface area (Å²) in [4.78, 5) is 13.8. The molecule has 1 aromatic carbocycles. The first kappa shape index (κ1) is 14.7. The van der Waals surface area contributed by atoms with Gasteiger partial charge in [0.2, 0.25) is 5.91 Å². The molecule has 1 saturated heterocycles. The fraction of sp³-hybridized carbons (Fsp3) is 0.533. The van der Waals surface area contributed by atoms with Crippen molar-refractivity contribution in [2.24, 2.45) is 5.73 Å². The summed E-state index contributed by atoms with van der Waals surface area (Å²) in [6.07, 6.45) is 2.25. The molecule has 0 spiro atoms. The lowest BCUT2D eigenvalue weighted by atomic mass is 9.96. The third-order valence-corrected chi connectivity index (χ3v) is 3.89. The number of carbonyl (C=O) groups excluding carboxylic acids is 1. The van der Waals surface area contributed by atoms with E-state index < -0.39 is 0 Å². The van der Waals surface area contributed by atoms with Crippen LogP contribution in [-0.2, 0) is 4.79 Å². The highest BCUT2D eigenvalue weighted by Crippen LogP contribution is 2.34. The number of carbonyl (C=O) groups is 1. The maximum absolute atomic E-state index is 12.0. The number of rotatable bonds is 3. The largest absolute Gasteiger partial charge is 0.493 e. The van der Waals surface area contributed by atoms with Gasteiger partial charge in [-0.25, -0.2) is 0 Å². The average molecular weight is 278 g/mol. The number of nitrogens with zero attached hydrogens (tertiary/aromatic N) is 1. The average Bonchev–Trinajstić information content (AvgIpc) is 2.58. The van der Waals surface area contributed by atoms with E-state index in [1.54, 1.807) is 19.1 Å². The molecule has 0 bridgehead atoms. The second kappa shape index (κ2) is 6.13. The standard InChI is InChI=1S/C15H22N2O3/c1-17-14(18)6-4-5-11(16)15(17)10-7-8-12(19-2)13(9-10)20-3/h7-9,11,15H,4-6,16H2,1-3H3. The molecule has 0 aromatic heterocycles. The summed E-state index contributed by atoms with van der Waals surface area (Å²) in [7, 11) is 5.02. The Balaban J connectivity index is 2.39. The number of ether oxygens (including phenoxy) is 2. The van der Waals surface area contributed by atoms with E-state index >= 15 is 0 Å². The second-order valence-electron chi connectivity index (χ2n) is 5.12. The Kier molecular flexibility index (Phi) is 4.49. The maximum atomic E-state index is 12.0. The molecule has 1 fully saturated rings. The van der Waals surface area contributed by atoms with Gasteiger partial charge in [-0.05, 0) is 30.5 Å². The number of nitrogens with two attached hydrogens (primary N) is 1. The van der Waals surface area contributed by atoms with E-state index in [1.165, 1.54) is 0 Å². The Morgan fingerprint density at radius 1 is 1.25 bits per heavy atom. The highest BCUT2D eigenvalue weighted by atomic mass is 16.5. The zero-order chi connectivity index (χ0) is 14.7. The van der Waals surface area contributed by atoms with Crippen LogP contribution in [0.2, 0.25) is 0 Å². The van der Waals surface area contributed by atoms with Crippen molar-refractivity contribution in [1.82, 2.24) is 4.90 Å². The third kappa shape index (κ3) is 2.72. The van der Waals surface area contributed by atoms with Gasteiger partial charge in [0.1, 0.15) is 0 Å². The number of benzene rings is 1. The maximum Gasteiger partial charge on any atom is 0.222 e. The Morgan fingerprint density at radius 2 is 1.95 bits per heavy atom. The lowest BCUT2D eigenvalue weighted by Crippen LogP contribution is -2.39. The number of hydrogen-bond donors (Lipinski definition) is 1. The monoisotopic (exact) mass is 278 g/mol. The van der Waals surface area contributed by atoms with E-state index in [0.29, 0.717) is 17.9 Å². The van der Waals surface area contributed by atoms with Crippen LogP contribution in [0.15, 0.2) is 18.2 Å². The molecule has 2 atom stereocenters. The van der Waals surface area contributed by atoms with Gasteiger partial charge in [-0.15, -0.1) is 0 Å². The second-order valence-corrected chi connectivity index (χ2v) is 5.12. The van der Waals surface area contributed by atoms with E-state index in [9.17, 15) is 4.79 Å². The van der Waals surface area contributed by atoms with Gasteiger partial charge in [-0.1, -0.05) is 6.07 Å². The molecular weight excluding hydrogens is 256 g/mol. The van der Waals surface area contributed by atoms with Gasteiger partial charge >= 0.3 is 0 Å². The van der Waals surface area contributed by atoms with E-state index in [1.807, 2.05) is 25.2 Å². The van der Waals surface area contributed by atoms with Crippen LogP contribution in [0.4, 0.5) is 0 Å². The molecule has 1 heterocycles. The van der Waals surface area contributed by atoms with Gasteiger partial charge in [0, 0.05) is 19.5 Å². The fourth-order valence-corrected chi connectivity index (χ4v) is 2.77. The van der Waals surface area contributed by atoms with Gasteiger partial charge in [-0.2, -0.15) is 0 Å². The van der Waals surface area contributed by atoms with Gasteiger partial charge < -0.3 is 20.1 Å². The molecule has 2 N–H and O–H groups in total. The van der Waals surface area contributed by atoms with Crippen molar-refractivity contribution in [2.75, 3.05) is 21.3 Å². The predicted molar refractivity (Wildman–Crippen MR) is 76.9 cm³/mol. The van der Waals surface area contributed by atoms with Crippen molar-refractivity contribution in [1.29, 1.82) is 0 Å². The minimum absolute atomic E-state index is 0.0652. The van der Waals surface area contributed by atoms with E-state index in [2.05, 4.69) is 0 Å². The summed E-state index contributed by atoms with van der Waals surface area (Å²) in [5.41, 5.74) is 7.24. The molecule has 1 aliphatic heterocycles. The Hall–Kier alpha value is -1.75. The first-order valence-corrected chi connectivity index (χ1v) is 6.81. The molecular formula is C15H22N2O3. The van der Waals surface area contributed by atoms with Crippen molar-refractivity contribution in [3.63, 3.8) is 0 Å². The summed E-state index contributed by atoms with van der Waals surface area (Å²) < 4.78 is 10.6. The smallest absolute Gasteiger partial charge is 0.222 e. The predicted octanol–water partition coefficient (Wildman–Crippen LogP) is 1.71.